The molecule has 0 aliphatic carbocycles. The van der Waals surface area contributed by atoms with Crippen molar-refractivity contribution in [2.24, 2.45) is 0 Å². The highest BCUT2D eigenvalue weighted by molar-refractivity contribution is 5.97. The summed E-state index contributed by atoms with van der Waals surface area (Å²) >= 11 is 0. The Morgan fingerprint density at radius 2 is 1.65 bits per heavy atom. The highest BCUT2D eigenvalue weighted by atomic mass is 19.1. The number of benzene rings is 3. The maximum Gasteiger partial charge on any atom is 0.161 e. The van der Waals surface area contributed by atoms with Gasteiger partial charge in [-0.05, 0) is 53.9 Å². The van der Waals surface area contributed by atoms with Gasteiger partial charge < -0.3 is 29.3 Å². The van der Waals surface area contributed by atoms with Crippen LogP contribution in [-0.4, -0.2) is 24.8 Å². The average molecular weight is 462 g/mol. The van der Waals surface area contributed by atoms with E-state index in [2.05, 4.69) is 5.32 Å². The molecule has 6 nitrogen and oxygen atoms in total. The molecule has 176 valence electrons. The van der Waals surface area contributed by atoms with Crippen LogP contribution in [0.25, 0.3) is 10.9 Å². The Balaban J connectivity index is 1.67. The lowest BCUT2D eigenvalue weighted by atomic mass is 10.1. The van der Waals surface area contributed by atoms with Crippen molar-refractivity contribution in [3.8, 4) is 11.5 Å². The fraction of sp³-hybridized carbons (Fsp3) is 0.222. The summed E-state index contributed by atoms with van der Waals surface area (Å²) in [6.45, 7) is 3.08. The Morgan fingerprint density at radius 3 is 2.32 bits per heavy atom. The van der Waals surface area contributed by atoms with Crippen LogP contribution < -0.4 is 19.9 Å². The molecule has 1 aromatic heterocycles. The molecule has 3 aromatic carbocycles. The highest BCUT2D eigenvalue weighted by Crippen LogP contribution is 2.30. The monoisotopic (exact) mass is 461 g/mol. The molecule has 0 aliphatic heterocycles. The van der Waals surface area contributed by atoms with Gasteiger partial charge >= 0.3 is 0 Å². The largest absolute Gasteiger partial charge is 0.543 e. The normalized spacial score (nSPS) is 11.1. The molecule has 4 rings (SSSR count). The molecule has 4 aromatic rings. The first-order chi connectivity index (χ1) is 16.4. The average Bonchev–Trinajstić information content (AvgIpc) is 3.12. The number of halogens is 1. The van der Waals surface area contributed by atoms with Gasteiger partial charge in [0.2, 0.25) is 0 Å². The maximum atomic E-state index is 13.4. The number of fused-ring (bicyclic) bond motifs is 1. The first kappa shape index (κ1) is 23.3. The number of hydrogen-bond donors (Lipinski definition) is 1. The maximum absolute atomic E-state index is 13.4. The molecule has 0 spiro atoms. The summed E-state index contributed by atoms with van der Waals surface area (Å²) in [5.41, 5.74) is 4.35. The van der Waals surface area contributed by atoms with Crippen molar-refractivity contribution in [1.29, 1.82) is 0 Å². The lowest BCUT2D eigenvalue weighted by Crippen LogP contribution is -2.28. The number of carboxylic acid groups (broad SMARTS) is 1. The molecule has 0 unspecified atom stereocenters. The minimum Gasteiger partial charge on any atom is -0.543 e. The second kappa shape index (κ2) is 9.97. The standard InChI is InChI=1S/C27H27FN2O4/c1-17-4-10-21-22(15-29-14-19-7-11-24(33-2)25(13-19)34-3)26(27(31)32)30(23(21)12-17)16-18-5-8-20(28)9-6-18/h4-13,29H,14-16H2,1-3H3,(H,31,32)/p-1. The van der Waals surface area contributed by atoms with Gasteiger partial charge in [-0.15, -0.1) is 0 Å². The predicted molar refractivity (Wildman–Crippen MR) is 127 cm³/mol. The summed E-state index contributed by atoms with van der Waals surface area (Å²) in [5, 5.41) is 16.5. The molecule has 0 bridgehead atoms. The SMILES string of the molecule is COc1ccc(CNCc2c(C(=O)[O-])n(Cc3ccc(F)cc3)c3cc(C)ccc23)cc1OC. The third-order valence-corrected chi connectivity index (χ3v) is 5.85. The Labute approximate surface area is 197 Å². The quantitative estimate of drug-likeness (QED) is 0.410. The first-order valence-electron chi connectivity index (χ1n) is 10.9. The number of aromatic carboxylic acids is 1. The van der Waals surface area contributed by atoms with Gasteiger partial charge in [0.25, 0.3) is 0 Å². The fourth-order valence-electron chi connectivity index (χ4n) is 4.20. The van der Waals surface area contributed by atoms with Crippen LogP contribution in [0.15, 0.2) is 60.7 Å². The summed E-state index contributed by atoms with van der Waals surface area (Å²) in [6.07, 6.45) is 0. The molecule has 1 heterocycles. The van der Waals surface area contributed by atoms with Crippen LogP contribution in [0.3, 0.4) is 0 Å². The lowest BCUT2D eigenvalue weighted by Gasteiger charge is -2.14. The van der Waals surface area contributed by atoms with Gasteiger partial charge in [-0.25, -0.2) is 4.39 Å². The molecular weight excluding hydrogens is 435 g/mol. The van der Waals surface area contributed by atoms with E-state index in [0.717, 1.165) is 27.6 Å². The van der Waals surface area contributed by atoms with Crippen molar-refractivity contribution in [3.63, 3.8) is 0 Å². The topological polar surface area (TPSA) is 75.5 Å². The number of carbonyl (C=O) groups is 1. The molecular formula is C27H26FN2O4-. The number of aromatic nitrogens is 1. The highest BCUT2D eigenvalue weighted by Gasteiger charge is 2.18. The van der Waals surface area contributed by atoms with Crippen LogP contribution in [0.5, 0.6) is 11.5 Å². The van der Waals surface area contributed by atoms with E-state index in [9.17, 15) is 14.3 Å². The van der Waals surface area contributed by atoms with Gasteiger partial charge in [-0.3, -0.25) is 0 Å². The van der Waals surface area contributed by atoms with Crippen LogP contribution in [0.2, 0.25) is 0 Å². The molecule has 0 saturated heterocycles. The minimum absolute atomic E-state index is 0.115. The third kappa shape index (κ3) is 4.75. The van der Waals surface area contributed by atoms with Gasteiger partial charge in [0.1, 0.15) is 5.82 Å². The van der Waals surface area contributed by atoms with Gasteiger partial charge in [0, 0.05) is 36.1 Å². The van der Waals surface area contributed by atoms with E-state index in [1.807, 2.05) is 43.3 Å². The molecule has 0 radical (unpaired) electrons. The number of nitrogens with one attached hydrogen (secondary N) is 1. The van der Waals surface area contributed by atoms with E-state index < -0.39 is 5.97 Å². The molecule has 0 aliphatic rings. The zero-order valence-corrected chi connectivity index (χ0v) is 19.4. The zero-order valence-electron chi connectivity index (χ0n) is 19.4. The number of rotatable bonds is 9. The molecule has 0 fully saturated rings. The number of ether oxygens (including phenoxy) is 2. The van der Waals surface area contributed by atoms with Crippen LogP contribution in [0.1, 0.15) is 32.7 Å². The van der Waals surface area contributed by atoms with E-state index in [0.29, 0.717) is 36.7 Å². The van der Waals surface area contributed by atoms with Gasteiger partial charge in [-0.2, -0.15) is 0 Å². The third-order valence-electron chi connectivity index (χ3n) is 5.85. The zero-order chi connectivity index (χ0) is 24.2. The number of methoxy groups -OCH3 is 2. The molecule has 0 saturated carbocycles. The molecule has 0 atom stereocenters. The second-order valence-corrected chi connectivity index (χ2v) is 8.14. The molecule has 34 heavy (non-hydrogen) atoms. The number of carbonyl (C=O) groups excluding carboxylic acids is 1. The van der Waals surface area contributed by atoms with E-state index in [4.69, 9.17) is 9.47 Å². The second-order valence-electron chi connectivity index (χ2n) is 8.14. The van der Waals surface area contributed by atoms with E-state index >= 15 is 0 Å². The Kier molecular flexibility index (Phi) is 6.84. The number of carboxylic acids is 1. The molecule has 0 amide bonds. The van der Waals surface area contributed by atoms with Crippen molar-refractivity contribution >= 4 is 16.9 Å². The van der Waals surface area contributed by atoms with Crippen molar-refractivity contribution in [3.05, 3.63) is 94.4 Å². The summed E-state index contributed by atoms with van der Waals surface area (Å²) in [5.74, 6) is -0.315. The predicted octanol–water partition coefficient (Wildman–Crippen LogP) is 3.81. The number of aryl methyl sites for hydroxylation is 1. The Bertz CT molecular complexity index is 1330. The van der Waals surface area contributed by atoms with Crippen molar-refractivity contribution < 1.29 is 23.8 Å². The number of nitrogens with zero attached hydrogens (tertiary/aromatic N) is 1. The van der Waals surface area contributed by atoms with Crippen LogP contribution in [0.4, 0.5) is 4.39 Å². The Hall–Kier alpha value is -3.84. The van der Waals surface area contributed by atoms with Gasteiger partial charge in [-0.1, -0.05) is 30.3 Å². The summed E-state index contributed by atoms with van der Waals surface area (Å²) < 4.78 is 25.8. The van der Waals surface area contributed by atoms with Crippen molar-refractivity contribution in [2.75, 3.05) is 14.2 Å². The Morgan fingerprint density at radius 1 is 0.941 bits per heavy atom. The minimum atomic E-state index is -1.25. The van der Waals surface area contributed by atoms with Crippen LogP contribution >= 0.6 is 0 Å². The van der Waals surface area contributed by atoms with Crippen molar-refractivity contribution in [1.82, 2.24) is 9.88 Å². The van der Waals surface area contributed by atoms with Crippen molar-refractivity contribution in [2.45, 2.75) is 26.6 Å². The summed E-state index contributed by atoms with van der Waals surface area (Å²) in [6, 6.07) is 17.6. The molecule has 1 N–H and O–H groups in total. The first-order valence-corrected chi connectivity index (χ1v) is 10.9. The summed E-state index contributed by atoms with van der Waals surface area (Å²) in [7, 11) is 3.17. The lowest BCUT2D eigenvalue weighted by molar-refractivity contribution is -0.255. The van der Waals surface area contributed by atoms with E-state index in [1.165, 1.54) is 12.1 Å². The summed E-state index contributed by atoms with van der Waals surface area (Å²) in [4.78, 5) is 12.3. The van der Waals surface area contributed by atoms with Gasteiger partial charge in [0.05, 0.1) is 25.9 Å². The van der Waals surface area contributed by atoms with Gasteiger partial charge in [0.15, 0.2) is 11.5 Å². The van der Waals surface area contributed by atoms with E-state index in [-0.39, 0.29) is 11.5 Å². The van der Waals surface area contributed by atoms with Crippen LogP contribution in [-0.2, 0) is 19.6 Å². The fourth-order valence-corrected chi connectivity index (χ4v) is 4.20. The molecule has 7 heteroatoms. The number of hydrogen-bond acceptors (Lipinski definition) is 5. The smallest absolute Gasteiger partial charge is 0.161 e. The van der Waals surface area contributed by atoms with Crippen LogP contribution in [0, 0.1) is 12.7 Å². The van der Waals surface area contributed by atoms with E-state index in [1.54, 1.807) is 30.9 Å².